The molecule has 8 nitrogen and oxygen atoms in total. The molecule has 1 aliphatic heterocycles. The molecule has 0 fully saturated rings. The van der Waals surface area contributed by atoms with Crippen LogP contribution in [0.2, 0.25) is 0 Å². The molecule has 1 unspecified atom stereocenters. The van der Waals surface area contributed by atoms with E-state index < -0.39 is 23.0 Å². The van der Waals surface area contributed by atoms with Crippen molar-refractivity contribution in [3.05, 3.63) is 82.4 Å². The fourth-order valence-electron chi connectivity index (χ4n) is 4.37. The number of hydrogen-bond donors (Lipinski definition) is 2. The highest BCUT2D eigenvalue weighted by Crippen LogP contribution is 2.46. The highest BCUT2D eigenvalue weighted by atomic mass is 19.1. The lowest BCUT2D eigenvalue weighted by atomic mass is 9.67. The number of aliphatic imine (C=N–C) groups is 1. The van der Waals surface area contributed by atoms with Gasteiger partial charge in [-0.05, 0) is 41.3 Å². The maximum absolute atomic E-state index is 14.0. The summed E-state index contributed by atoms with van der Waals surface area (Å²) < 4.78 is 15.7. The first-order valence-corrected chi connectivity index (χ1v) is 10.7. The fraction of sp³-hybridized carbons (Fsp3) is 0.240. The van der Waals surface area contributed by atoms with Crippen molar-refractivity contribution in [1.82, 2.24) is 9.78 Å². The minimum Gasteiger partial charge on any atom is -0.369 e. The third-order valence-corrected chi connectivity index (χ3v) is 6.04. The van der Waals surface area contributed by atoms with Crippen molar-refractivity contribution in [2.24, 2.45) is 16.5 Å². The number of primary amides is 2. The van der Waals surface area contributed by atoms with Gasteiger partial charge in [0.25, 0.3) is 5.91 Å². The van der Waals surface area contributed by atoms with E-state index in [1.807, 2.05) is 26.0 Å². The van der Waals surface area contributed by atoms with Crippen molar-refractivity contribution in [2.45, 2.75) is 38.1 Å². The first kappa shape index (κ1) is 22.9. The van der Waals surface area contributed by atoms with Gasteiger partial charge < -0.3 is 11.5 Å². The van der Waals surface area contributed by atoms with Gasteiger partial charge in [-0.1, -0.05) is 32.0 Å². The van der Waals surface area contributed by atoms with Crippen LogP contribution in [0.4, 0.5) is 10.1 Å². The molecule has 0 aliphatic carbocycles. The second-order valence-corrected chi connectivity index (χ2v) is 8.62. The number of carbonyl (C=O) groups excluding carboxylic acids is 2. The third kappa shape index (κ3) is 3.83. The van der Waals surface area contributed by atoms with Crippen molar-refractivity contribution in [3.63, 3.8) is 0 Å². The van der Waals surface area contributed by atoms with Gasteiger partial charge in [-0.25, -0.2) is 9.38 Å². The Kier molecular flexibility index (Phi) is 5.75. The van der Waals surface area contributed by atoms with Crippen molar-refractivity contribution >= 4 is 23.2 Å². The molecule has 1 aliphatic rings. The van der Waals surface area contributed by atoms with Gasteiger partial charge in [-0.3, -0.25) is 14.3 Å². The number of aromatic nitrogens is 2. The van der Waals surface area contributed by atoms with E-state index in [2.05, 4.69) is 11.1 Å². The number of rotatable bonds is 6. The van der Waals surface area contributed by atoms with Crippen molar-refractivity contribution < 1.29 is 14.0 Å². The number of nitrogens with two attached hydrogens (primary N) is 2. The Morgan fingerprint density at radius 2 is 1.88 bits per heavy atom. The molecule has 0 radical (unpaired) electrons. The Morgan fingerprint density at radius 3 is 2.47 bits per heavy atom. The Morgan fingerprint density at radius 1 is 1.18 bits per heavy atom. The summed E-state index contributed by atoms with van der Waals surface area (Å²) in [7, 11) is 0. The van der Waals surface area contributed by atoms with Crippen LogP contribution in [0, 0.1) is 17.1 Å². The molecule has 0 saturated carbocycles. The molecule has 4 rings (SSSR count). The predicted octanol–water partition coefficient (Wildman–Crippen LogP) is 2.80. The van der Waals surface area contributed by atoms with Gasteiger partial charge in [0.05, 0.1) is 29.6 Å². The molecule has 4 N–H and O–H groups in total. The largest absolute Gasteiger partial charge is 0.369 e. The number of nitriles is 1. The summed E-state index contributed by atoms with van der Waals surface area (Å²) in [4.78, 5) is 29.5. The van der Waals surface area contributed by atoms with Gasteiger partial charge in [0.2, 0.25) is 5.91 Å². The Hall–Kier alpha value is -4.32. The molecular weight excluding hydrogens is 435 g/mol. The predicted molar refractivity (Wildman–Crippen MR) is 124 cm³/mol. The van der Waals surface area contributed by atoms with E-state index in [9.17, 15) is 14.0 Å². The smallest absolute Gasteiger partial charge is 0.263 e. The maximum Gasteiger partial charge on any atom is 0.263 e. The number of halogens is 1. The quantitative estimate of drug-likeness (QED) is 0.586. The zero-order valence-electron chi connectivity index (χ0n) is 18.7. The van der Waals surface area contributed by atoms with E-state index in [0.717, 1.165) is 11.6 Å². The SMILES string of the molecule is CC(C)c1nn(Cc2ccc(C#N)cc2)cc1C1(C(N)=O)CC(C(N)=O)=Nc2cc(F)ccc21. The normalized spacial score (nSPS) is 17.1. The number of hydrogen-bond acceptors (Lipinski definition) is 5. The zero-order chi connectivity index (χ0) is 24.6. The molecule has 172 valence electrons. The molecule has 2 aromatic carbocycles. The average molecular weight is 458 g/mol. The molecular formula is C25H23FN6O2. The second kappa shape index (κ2) is 8.56. The summed E-state index contributed by atoms with van der Waals surface area (Å²) >= 11 is 0. The van der Waals surface area contributed by atoms with Crippen LogP contribution in [-0.2, 0) is 21.5 Å². The van der Waals surface area contributed by atoms with Crippen LogP contribution in [0.25, 0.3) is 0 Å². The molecule has 3 aromatic rings. The topological polar surface area (TPSA) is 140 Å². The summed E-state index contributed by atoms with van der Waals surface area (Å²) in [5, 5.41) is 13.7. The van der Waals surface area contributed by atoms with Crippen LogP contribution in [0.5, 0.6) is 0 Å². The second-order valence-electron chi connectivity index (χ2n) is 8.62. The first-order valence-electron chi connectivity index (χ1n) is 10.7. The van der Waals surface area contributed by atoms with E-state index in [0.29, 0.717) is 28.9 Å². The third-order valence-electron chi connectivity index (χ3n) is 6.04. The van der Waals surface area contributed by atoms with Crippen LogP contribution in [0.3, 0.4) is 0 Å². The molecule has 0 saturated heterocycles. The van der Waals surface area contributed by atoms with Crippen molar-refractivity contribution in [1.29, 1.82) is 5.26 Å². The van der Waals surface area contributed by atoms with Gasteiger partial charge in [0, 0.05) is 18.2 Å². The van der Waals surface area contributed by atoms with Crippen LogP contribution in [0.15, 0.2) is 53.7 Å². The molecule has 2 heterocycles. The van der Waals surface area contributed by atoms with Gasteiger partial charge >= 0.3 is 0 Å². The van der Waals surface area contributed by atoms with Gasteiger partial charge in [-0.15, -0.1) is 0 Å². The van der Waals surface area contributed by atoms with Gasteiger partial charge in [0.1, 0.15) is 16.9 Å². The van der Waals surface area contributed by atoms with Crippen LogP contribution in [-0.4, -0.2) is 27.3 Å². The minimum atomic E-state index is -1.50. The highest BCUT2D eigenvalue weighted by Gasteiger charge is 2.49. The number of nitrogens with zero attached hydrogens (tertiary/aromatic N) is 4. The van der Waals surface area contributed by atoms with E-state index >= 15 is 0 Å². The van der Waals surface area contributed by atoms with Gasteiger partial charge in [-0.2, -0.15) is 10.4 Å². The summed E-state index contributed by atoms with van der Waals surface area (Å²) in [6, 6.07) is 13.0. The molecule has 34 heavy (non-hydrogen) atoms. The maximum atomic E-state index is 14.0. The minimum absolute atomic E-state index is 0.0635. The lowest BCUT2D eigenvalue weighted by Crippen LogP contribution is -2.47. The number of fused-ring (bicyclic) bond motifs is 1. The Bertz CT molecular complexity index is 1370. The van der Waals surface area contributed by atoms with Crippen molar-refractivity contribution in [2.75, 3.05) is 0 Å². The van der Waals surface area contributed by atoms with E-state index in [-0.39, 0.29) is 23.7 Å². The molecule has 1 atom stereocenters. The monoisotopic (exact) mass is 458 g/mol. The van der Waals surface area contributed by atoms with E-state index in [4.69, 9.17) is 21.8 Å². The standard InChI is InChI=1S/C25H23FN6O2/c1-14(2)22-19(13-32(31-22)12-16-5-3-15(11-27)4-6-16)25(24(29)34)10-21(23(28)33)30-20-9-17(26)7-8-18(20)25/h3-9,13-14H,10,12H2,1-2H3,(H2,28,33)(H2,29,34). The number of carbonyl (C=O) groups is 2. The summed E-state index contributed by atoms with van der Waals surface area (Å²) in [5.41, 5.74) is 13.1. The summed E-state index contributed by atoms with van der Waals surface area (Å²) in [6.07, 6.45) is 1.58. The lowest BCUT2D eigenvalue weighted by Gasteiger charge is -2.35. The first-order chi connectivity index (χ1) is 16.1. The van der Waals surface area contributed by atoms with E-state index in [1.54, 1.807) is 23.0 Å². The Labute approximate surface area is 195 Å². The molecule has 0 bridgehead atoms. The average Bonchev–Trinajstić information content (AvgIpc) is 3.22. The highest BCUT2D eigenvalue weighted by molar-refractivity contribution is 6.40. The van der Waals surface area contributed by atoms with Crippen LogP contribution >= 0.6 is 0 Å². The summed E-state index contributed by atoms with van der Waals surface area (Å²) in [5.74, 6) is -2.18. The fourth-order valence-corrected chi connectivity index (χ4v) is 4.37. The Balaban J connectivity index is 1.91. The molecule has 9 heteroatoms. The molecule has 0 spiro atoms. The number of benzene rings is 2. The molecule has 1 aromatic heterocycles. The summed E-state index contributed by atoms with van der Waals surface area (Å²) in [6.45, 7) is 4.25. The van der Waals surface area contributed by atoms with Crippen molar-refractivity contribution in [3.8, 4) is 6.07 Å². The van der Waals surface area contributed by atoms with Crippen LogP contribution < -0.4 is 11.5 Å². The van der Waals surface area contributed by atoms with E-state index in [1.165, 1.54) is 12.1 Å². The lowest BCUT2D eigenvalue weighted by molar-refractivity contribution is -0.122. The zero-order valence-corrected chi connectivity index (χ0v) is 18.7. The van der Waals surface area contributed by atoms with Gasteiger partial charge in [0.15, 0.2) is 0 Å². The molecule has 2 amide bonds. The van der Waals surface area contributed by atoms with Crippen LogP contribution in [0.1, 0.15) is 54.1 Å². The number of amides is 2.